The normalized spacial score (nSPS) is 36.5. The lowest BCUT2D eigenvalue weighted by Gasteiger charge is -2.45. The Hall–Kier alpha value is 0.510. The van der Waals surface area contributed by atoms with Crippen LogP contribution >= 0.6 is 27.5 Å². The lowest BCUT2D eigenvalue weighted by atomic mass is 9.62. The van der Waals surface area contributed by atoms with Crippen LogP contribution in [-0.2, 0) is 0 Å². The van der Waals surface area contributed by atoms with E-state index in [1.54, 1.807) is 0 Å². The van der Waals surface area contributed by atoms with E-state index in [4.69, 9.17) is 11.6 Å². The summed E-state index contributed by atoms with van der Waals surface area (Å²) in [4.78, 5) is 0. The van der Waals surface area contributed by atoms with Gasteiger partial charge in [0.05, 0.1) is 0 Å². The lowest BCUT2D eigenvalue weighted by molar-refractivity contribution is 0.0976. The molecule has 1 fully saturated rings. The molecule has 11 heavy (non-hydrogen) atoms. The van der Waals surface area contributed by atoms with Crippen LogP contribution in [0.2, 0.25) is 0 Å². The van der Waals surface area contributed by atoms with Gasteiger partial charge in [-0.15, -0.1) is 0 Å². The molecule has 64 valence electrons. The van der Waals surface area contributed by atoms with Crippen molar-refractivity contribution in [2.45, 2.75) is 26.2 Å². The van der Waals surface area contributed by atoms with E-state index in [0.29, 0.717) is 5.41 Å². The van der Waals surface area contributed by atoms with Gasteiger partial charge in [0.2, 0.25) is 0 Å². The van der Waals surface area contributed by atoms with Crippen molar-refractivity contribution in [2.75, 3.05) is 5.33 Å². The lowest BCUT2D eigenvalue weighted by Crippen LogP contribution is -2.37. The van der Waals surface area contributed by atoms with Crippen LogP contribution in [0.1, 0.15) is 26.2 Å². The zero-order valence-corrected chi connectivity index (χ0v) is 9.21. The molecule has 0 spiro atoms. The van der Waals surface area contributed by atoms with Gasteiger partial charge in [0, 0.05) is 10.4 Å². The van der Waals surface area contributed by atoms with Crippen molar-refractivity contribution >= 4 is 27.5 Å². The Morgan fingerprint density at radius 2 is 2.27 bits per heavy atom. The largest absolute Gasteiger partial charge is 0.0922 e. The maximum atomic E-state index is 5.79. The van der Waals surface area contributed by atoms with E-state index in [9.17, 15) is 0 Å². The Morgan fingerprint density at radius 1 is 1.73 bits per heavy atom. The summed E-state index contributed by atoms with van der Waals surface area (Å²) in [5.74, 6) is 0.878. The third-order valence-electron chi connectivity index (χ3n) is 2.41. The van der Waals surface area contributed by atoms with Crippen LogP contribution in [0.4, 0.5) is 0 Å². The van der Waals surface area contributed by atoms with Gasteiger partial charge in [0.25, 0.3) is 0 Å². The highest BCUT2D eigenvalue weighted by molar-refractivity contribution is 9.09. The van der Waals surface area contributed by atoms with Crippen molar-refractivity contribution in [3.63, 3.8) is 0 Å². The van der Waals surface area contributed by atoms with E-state index in [2.05, 4.69) is 29.4 Å². The molecule has 0 amide bonds. The van der Waals surface area contributed by atoms with Crippen molar-refractivity contribution in [2.24, 2.45) is 11.3 Å². The predicted octanol–water partition coefficient (Wildman–Crippen LogP) is 3.94. The summed E-state index contributed by atoms with van der Waals surface area (Å²) in [6, 6.07) is 0. The van der Waals surface area contributed by atoms with Crippen LogP contribution in [0.5, 0.6) is 0 Å². The predicted molar refractivity (Wildman–Crippen MR) is 54.2 cm³/mol. The molecule has 1 aliphatic rings. The van der Waals surface area contributed by atoms with Crippen LogP contribution < -0.4 is 0 Å². The topological polar surface area (TPSA) is 0 Å². The first kappa shape index (κ1) is 9.60. The molecule has 2 heteroatoms. The molecule has 0 nitrogen and oxygen atoms in total. The fourth-order valence-electron chi connectivity index (χ4n) is 2.13. The van der Waals surface area contributed by atoms with Crippen LogP contribution in [0, 0.1) is 11.3 Å². The number of hydrogen-bond donors (Lipinski definition) is 0. The first-order valence-electron chi connectivity index (χ1n) is 3.97. The van der Waals surface area contributed by atoms with Gasteiger partial charge in [-0.3, -0.25) is 0 Å². The molecular weight excluding hydrogens is 223 g/mol. The van der Waals surface area contributed by atoms with E-state index in [1.165, 1.54) is 12.8 Å². The molecule has 1 aliphatic carbocycles. The Kier molecular flexibility index (Phi) is 3.04. The first-order chi connectivity index (χ1) is 5.08. The van der Waals surface area contributed by atoms with Gasteiger partial charge in [-0.25, -0.2) is 0 Å². The van der Waals surface area contributed by atoms with Crippen LogP contribution in [0.25, 0.3) is 0 Å². The second-order valence-corrected chi connectivity index (χ2v) is 4.94. The first-order valence-corrected chi connectivity index (χ1v) is 5.47. The standard InChI is InChI=1S/C9H14BrCl/c1-7-3-9(4-7,6-10)5-8(2)11/h7H,2-6H2,1H3. The third kappa shape index (κ3) is 2.22. The molecule has 1 rings (SSSR count). The van der Waals surface area contributed by atoms with Crippen LogP contribution in [-0.4, -0.2) is 5.33 Å². The molecule has 0 N–H and O–H groups in total. The summed E-state index contributed by atoms with van der Waals surface area (Å²) in [7, 11) is 0. The maximum Gasteiger partial charge on any atom is 0.0115 e. The van der Waals surface area contributed by atoms with Gasteiger partial charge < -0.3 is 0 Å². The van der Waals surface area contributed by atoms with Crippen molar-refractivity contribution in [1.82, 2.24) is 0 Å². The average Bonchev–Trinajstić information content (AvgIpc) is 1.82. The second-order valence-electron chi connectivity index (χ2n) is 3.84. The Balaban J connectivity index is 2.44. The Labute approximate surface area is 82.1 Å². The van der Waals surface area contributed by atoms with Crippen molar-refractivity contribution < 1.29 is 0 Å². The average molecular weight is 238 g/mol. The van der Waals surface area contributed by atoms with E-state index in [1.807, 2.05) is 0 Å². The molecule has 0 saturated heterocycles. The molecule has 0 bridgehead atoms. The number of alkyl halides is 1. The summed E-state index contributed by atoms with van der Waals surface area (Å²) in [5.41, 5.74) is 0.443. The van der Waals surface area contributed by atoms with Gasteiger partial charge in [0.15, 0.2) is 0 Å². The number of halogens is 2. The monoisotopic (exact) mass is 236 g/mol. The zero-order chi connectivity index (χ0) is 8.48. The third-order valence-corrected chi connectivity index (χ3v) is 3.74. The molecule has 0 aliphatic heterocycles. The summed E-state index contributed by atoms with van der Waals surface area (Å²) < 4.78 is 0. The van der Waals surface area contributed by atoms with Crippen LogP contribution in [0.3, 0.4) is 0 Å². The molecule has 0 atom stereocenters. The Bertz CT molecular complexity index is 159. The SMILES string of the molecule is C=C(Cl)CC1(CBr)CC(C)C1. The van der Waals surface area contributed by atoms with Gasteiger partial charge in [-0.05, 0) is 30.6 Å². The molecular formula is C9H14BrCl. The van der Waals surface area contributed by atoms with Crippen LogP contribution in [0.15, 0.2) is 11.6 Å². The molecule has 0 aromatic carbocycles. The summed E-state index contributed by atoms with van der Waals surface area (Å²) >= 11 is 9.33. The van der Waals surface area contributed by atoms with Crippen molar-refractivity contribution in [3.05, 3.63) is 11.6 Å². The molecule has 1 saturated carbocycles. The highest BCUT2D eigenvalue weighted by atomic mass is 79.9. The van der Waals surface area contributed by atoms with Crippen molar-refractivity contribution in [3.8, 4) is 0 Å². The highest BCUT2D eigenvalue weighted by Gasteiger charge is 2.40. The van der Waals surface area contributed by atoms with Gasteiger partial charge in [-0.2, -0.15) is 0 Å². The number of hydrogen-bond acceptors (Lipinski definition) is 0. The van der Waals surface area contributed by atoms with Crippen molar-refractivity contribution in [1.29, 1.82) is 0 Å². The van der Waals surface area contributed by atoms with Gasteiger partial charge in [-0.1, -0.05) is 41.0 Å². The quantitative estimate of drug-likeness (QED) is 0.652. The van der Waals surface area contributed by atoms with E-state index >= 15 is 0 Å². The molecule has 0 radical (unpaired) electrons. The molecule has 0 aromatic rings. The van der Waals surface area contributed by atoms with E-state index in [0.717, 1.165) is 22.7 Å². The number of allylic oxidation sites excluding steroid dienone is 1. The maximum absolute atomic E-state index is 5.79. The Morgan fingerprint density at radius 3 is 2.55 bits per heavy atom. The summed E-state index contributed by atoms with van der Waals surface area (Å²) in [6.07, 6.45) is 3.57. The second kappa shape index (κ2) is 3.49. The van der Waals surface area contributed by atoms with Gasteiger partial charge >= 0.3 is 0 Å². The molecule has 0 aromatic heterocycles. The minimum Gasteiger partial charge on any atom is -0.0922 e. The van der Waals surface area contributed by atoms with Gasteiger partial charge in [0.1, 0.15) is 0 Å². The fourth-order valence-corrected chi connectivity index (χ4v) is 3.07. The summed E-state index contributed by atoms with van der Waals surface area (Å²) in [6.45, 7) is 6.03. The number of rotatable bonds is 3. The smallest absolute Gasteiger partial charge is 0.0115 e. The minimum absolute atomic E-state index is 0.443. The zero-order valence-electron chi connectivity index (χ0n) is 6.87. The fraction of sp³-hybridized carbons (Fsp3) is 0.778. The van der Waals surface area contributed by atoms with E-state index < -0.39 is 0 Å². The van der Waals surface area contributed by atoms with E-state index in [-0.39, 0.29) is 0 Å². The highest BCUT2D eigenvalue weighted by Crippen LogP contribution is 2.50. The summed E-state index contributed by atoms with van der Waals surface area (Å²) in [5, 5.41) is 1.87. The molecule has 0 unspecified atom stereocenters. The molecule has 0 heterocycles. The minimum atomic E-state index is 0.443.